The second-order valence-corrected chi connectivity index (χ2v) is 7.07. The van der Waals surface area contributed by atoms with Gasteiger partial charge in [-0.3, -0.25) is 0 Å². The van der Waals surface area contributed by atoms with Crippen LogP contribution in [0, 0.1) is 0 Å². The van der Waals surface area contributed by atoms with E-state index in [4.69, 9.17) is 23.2 Å². The highest BCUT2D eigenvalue weighted by molar-refractivity contribution is 6.32. The van der Waals surface area contributed by atoms with E-state index in [2.05, 4.69) is 53.1 Å². The molecule has 0 bridgehead atoms. The SMILES string of the molecule is Clc1ccc2cc3c4ccc(Cl)cc4n(-c4ccccc4)c3cc2c1. The molecule has 4 aromatic carbocycles. The molecule has 0 atom stereocenters. The number of aromatic nitrogens is 1. The van der Waals surface area contributed by atoms with E-state index in [-0.39, 0.29) is 0 Å². The van der Waals surface area contributed by atoms with Crippen LogP contribution < -0.4 is 0 Å². The third-order valence-corrected chi connectivity index (χ3v) is 5.13. The number of hydrogen-bond donors (Lipinski definition) is 0. The monoisotopic (exact) mass is 361 g/mol. The van der Waals surface area contributed by atoms with Gasteiger partial charge < -0.3 is 4.57 Å². The predicted molar refractivity (Wildman–Crippen MR) is 108 cm³/mol. The van der Waals surface area contributed by atoms with Crippen LogP contribution in [0.1, 0.15) is 0 Å². The highest BCUT2D eigenvalue weighted by Crippen LogP contribution is 2.36. The fraction of sp³-hybridized carbons (Fsp3) is 0. The molecule has 0 spiro atoms. The van der Waals surface area contributed by atoms with E-state index < -0.39 is 0 Å². The Kier molecular flexibility index (Phi) is 3.27. The second-order valence-electron chi connectivity index (χ2n) is 6.19. The lowest BCUT2D eigenvalue weighted by Crippen LogP contribution is -1.93. The third-order valence-electron chi connectivity index (χ3n) is 4.66. The summed E-state index contributed by atoms with van der Waals surface area (Å²) in [7, 11) is 0. The lowest BCUT2D eigenvalue weighted by atomic mass is 10.1. The number of halogens is 2. The van der Waals surface area contributed by atoms with Gasteiger partial charge in [0.2, 0.25) is 0 Å². The maximum atomic E-state index is 6.30. The summed E-state index contributed by atoms with van der Waals surface area (Å²) in [5.74, 6) is 0. The van der Waals surface area contributed by atoms with E-state index in [1.54, 1.807) is 0 Å². The minimum absolute atomic E-state index is 0.736. The molecule has 1 heterocycles. The summed E-state index contributed by atoms with van der Waals surface area (Å²) in [6.07, 6.45) is 0. The van der Waals surface area contributed by atoms with Gasteiger partial charge in [-0.05, 0) is 59.3 Å². The molecule has 5 aromatic rings. The number of hydrogen-bond acceptors (Lipinski definition) is 0. The summed E-state index contributed by atoms with van der Waals surface area (Å²) in [5, 5.41) is 6.20. The van der Waals surface area contributed by atoms with E-state index in [1.165, 1.54) is 16.2 Å². The molecule has 5 rings (SSSR count). The Morgan fingerprint density at radius 3 is 2.12 bits per heavy atom. The number of para-hydroxylation sites is 1. The van der Waals surface area contributed by atoms with Gasteiger partial charge in [0.15, 0.2) is 0 Å². The molecule has 0 saturated heterocycles. The molecule has 0 saturated carbocycles. The van der Waals surface area contributed by atoms with Gasteiger partial charge in [0, 0.05) is 26.5 Å². The Balaban J connectivity index is 2.01. The van der Waals surface area contributed by atoms with Crippen molar-refractivity contribution >= 4 is 55.8 Å². The second kappa shape index (κ2) is 5.52. The summed E-state index contributed by atoms with van der Waals surface area (Å²) in [5.41, 5.74) is 3.37. The molecule has 0 aliphatic carbocycles. The van der Waals surface area contributed by atoms with E-state index in [1.807, 2.05) is 30.3 Å². The van der Waals surface area contributed by atoms with Crippen molar-refractivity contribution in [1.29, 1.82) is 0 Å². The first-order chi connectivity index (χ1) is 12.2. The number of fused-ring (bicyclic) bond motifs is 4. The molecule has 120 valence electrons. The zero-order valence-corrected chi connectivity index (χ0v) is 14.7. The summed E-state index contributed by atoms with van der Waals surface area (Å²) >= 11 is 12.5. The Hall–Kier alpha value is -2.48. The van der Waals surface area contributed by atoms with Gasteiger partial charge in [0.1, 0.15) is 0 Å². The fourth-order valence-electron chi connectivity index (χ4n) is 3.56. The first kappa shape index (κ1) is 14.8. The number of nitrogens with zero attached hydrogens (tertiary/aromatic N) is 1. The summed E-state index contributed by atoms with van der Waals surface area (Å²) in [4.78, 5) is 0. The standard InChI is InChI=1S/C22H13Cl2N/c23-16-7-6-14-11-20-19-9-8-17(24)13-22(19)25(18-4-2-1-3-5-18)21(20)12-15(14)10-16/h1-13H. The zero-order valence-electron chi connectivity index (χ0n) is 13.2. The van der Waals surface area contributed by atoms with Gasteiger partial charge in [-0.25, -0.2) is 0 Å². The Morgan fingerprint density at radius 2 is 1.28 bits per heavy atom. The average molecular weight is 362 g/mol. The highest BCUT2D eigenvalue weighted by atomic mass is 35.5. The Bertz CT molecular complexity index is 1250. The molecule has 0 aliphatic rings. The van der Waals surface area contributed by atoms with Crippen LogP contribution in [0.15, 0.2) is 78.9 Å². The van der Waals surface area contributed by atoms with Crippen molar-refractivity contribution in [1.82, 2.24) is 4.57 Å². The van der Waals surface area contributed by atoms with Gasteiger partial charge in [-0.1, -0.05) is 53.5 Å². The van der Waals surface area contributed by atoms with Crippen LogP contribution in [0.4, 0.5) is 0 Å². The van der Waals surface area contributed by atoms with Crippen molar-refractivity contribution in [3.63, 3.8) is 0 Å². The molecule has 3 heteroatoms. The predicted octanol–water partition coefficient (Wildman–Crippen LogP) is 7.24. The first-order valence-corrected chi connectivity index (χ1v) is 8.85. The minimum Gasteiger partial charge on any atom is -0.309 e. The summed E-state index contributed by atoms with van der Waals surface area (Å²) in [6, 6.07) is 26.9. The van der Waals surface area contributed by atoms with E-state index in [9.17, 15) is 0 Å². The summed E-state index contributed by atoms with van der Waals surface area (Å²) < 4.78 is 2.26. The molecule has 0 radical (unpaired) electrons. The van der Waals surface area contributed by atoms with Crippen LogP contribution >= 0.6 is 23.2 Å². The van der Waals surface area contributed by atoms with Gasteiger partial charge in [0.25, 0.3) is 0 Å². The van der Waals surface area contributed by atoms with Crippen molar-refractivity contribution in [2.24, 2.45) is 0 Å². The van der Waals surface area contributed by atoms with E-state index in [0.29, 0.717) is 0 Å². The van der Waals surface area contributed by atoms with E-state index >= 15 is 0 Å². The molecule has 0 amide bonds. The molecule has 0 unspecified atom stereocenters. The topological polar surface area (TPSA) is 4.93 Å². The van der Waals surface area contributed by atoms with Gasteiger partial charge >= 0.3 is 0 Å². The summed E-state index contributed by atoms with van der Waals surface area (Å²) in [6.45, 7) is 0. The normalized spacial score (nSPS) is 11.6. The molecule has 1 nitrogen and oxygen atoms in total. The lowest BCUT2D eigenvalue weighted by Gasteiger charge is -2.08. The maximum Gasteiger partial charge on any atom is 0.0555 e. The Morgan fingerprint density at radius 1 is 0.560 bits per heavy atom. The molecular formula is C22H13Cl2N. The van der Waals surface area contributed by atoms with Crippen LogP contribution in [0.3, 0.4) is 0 Å². The molecule has 0 fully saturated rings. The zero-order chi connectivity index (χ0) is 17.0. The van der Waals surface area contributed by atoms with Crippen LogP contribution in [-0.2, 0) is 0 Å². The van der Waals surface area contributed by atoms with Crippen LogP contribution in [0.5, 0.6) is 0 Å². The highest BCUT2D eigenvalue weighted by Gasteiger charge is 2.13. The Labute approximate surface area is 155 Å². The van der Waals surface area contributed by atoms with Gasteiger partial charge in [-0.15, -0.1) is 0 Å². The maximum absolute atomic E-state index is 6.30. The molecule has 25 heavy (non-hydrogen) atoms. The first-order valence-electron chi connectivity index (χ1n) is 8.09. The van der Waals surface area contributed by atoms with Crippen molar-refractivity contribution < 1.29 is 0 Å². The fourth-order valence-corrected chi connectivity index (χ4v) is 3.91. The number of benzene rings is 4. The largest absolute Gasteiger partial charge is 0.309 e. The molecule has 0 N–H and O–H groups in total. The van der Waals surface area contributed by atoms with Crippen molar-refractivity contribution in [3.8, 4) is 5.69 Å². The molecule has 0 aliphatic heterocycles. The molecular weight excluding hydrogens is 349 g/mol. The smallest absolute Gasteiger partial charge is 0.0555 e. The van der Waals surface area contributed by atoms with Crippen molar-refractivity contribution in [2.75, 3.05) is 0 Å². The quantitative estimate of drug-likeness (QED) is 0.296. The lowest BCUT2D eigenvalue weighted by molar-refractivity contribution is 1.18. The number of rotatable bonds is 1. The van der Waals surface area contributed by atoms with E-state index in [0.717, 1.165) is 32.2 Å². The van der Waals surface area contributed by atoms with Gasteiger partial charge in [0.05, 0.1) is 11.0 Å². The third kappa shape index (κ3) is 2.31. The van der Waals surface area contributed by atoms with Crippen LogP contribution in [0.2, 0.25) is 10.0 Å². The van der Waals surface area contributed by atoms with Crippen molar-refractivity contribution in [2.45, 2.75) is 0 Å². The van der Waals surface area contributed by atoms with Gasteiger partial charge in [-0.2, -0.15) is 0 Å². The minimum atomic E-state index is 0.736. The average Bonchev–Trinajstić information content (AvgIpc) is 2.92. The van der Waals surface area contributed by atoms with Crippen LogP contribution in [0.25, 0.3) is 38.3 Å². The van der Waals surface area contributed by atoms with Crippen LogP contribution in [-0.4, -0.2) is 4.57 Å². The van der Waals surface area contributed by atoms with Crippen molar-refractivity contribution in [3.05, 3.63) is 88.9 Å². The molecule has 1 aromatic heterocycles.